The lowest BCUT2D eigenvalue weighted by atomic mass is 10.2. The molecule has 1 aliphatic heterocycles. The van der Waals surface area contributed by atoms with E-state index in [0.29, 0.717) is 30.3 Å². The number of nitrogens with zero attached hydrogens (tertiary/aromatic N) is 1. The second-order valence-electron chi connectivity index (χ2n) is 5.83. The van der Waals surface area contributed by atoms with E-state index in [0.717, 1.165) is 5.56 Å². The minimum atomic E-state index is -4.47. The maximum absolute atomic E-state index is 12.3. The Labute approximate surface area is 158 Å². The number of alkyl halides is 3. The van der Waals surface area contributed by atoms with Gasteiger partial charge in [0.25, 0.3) is 0 Å². The summed E-state index contributed by atoms with van der Waals surface area (Å²) in [4.78, 5) is 15.8. The number of hydrogen-bond acceptors (Lipinski definition) is 5. The summed E-state index contributed by atoms with van der Waals surface area (Å²) in [5.74, 6) is 0.669. The van der Waals surface area contributed by atoms with Gasteiger partial charge in [0.15, 0.2) is 18.1 Å². The number of benzene rings is 1. The van der Waals surface area contributed by atoms with Gasteiger partial charge in [0.1, 0.15) is 13.2 Å². The Morgan fingerprint density at radius 3 is 2.79 bits per heavy atom. The van der Waals surface area contributed by atoms with Crippen molar-refractivity contribution >= 4 is 12.0 Å². The van der Waals surface area contributed by atoms with Crippen LogP contribution in [0.5, 0.6) is 17.4 Å². The van der Waals surface area contributed by atoms with Gasteiger partial charge in [-0.05, 0) is 29.8 Å². The lowest BCUT2D eigenvalue weighted by Crippen LogP contribution is -2.23. The number of rotatable bonds is 6. The van der Waals surface area contributed by atoms with Gasteiger partial charge >= 0.3 is 6.18 Å². The summed E-state index contributed by atoms with van der Waals surface area (Å²) in [6.07, 6.45) is -0.237. The molecular formula is C19H17F3N2O4. The molecule has 1 N–H and O–H groups in total. The van der Waals surface area contributed by atoms with Crippen molar-refractivity contribution in [1.29, 1.82) is 0 Å². The zero-order chi connectivity index (χ0) is 20.0. The van der Waals surface area contributed by atoms with Crippen molar-refractivity contribution in [2.45, 2.75) is 12.7 Å². The van der Waals surface area contributed by atoms with Gasteiger partial charge < -0.3 is 19.5 Å². The summed E-state index contributed by atoms with van der Waals surface area (Å²) in [6.45, 7) is -0.515. The zero-order valence-electron chi connectivity index (χ0n) is 14.7. The molecule has 1 aliphatic rings. The number of fused-ring (bicyclic) bond motifs is 1. The predicted octanol–water partition coefficient (Wildman–Crippen LogP) is 3.12. The van der Waals surface area contributed by atoms with E-state index >= 15 is 0 Å². The highest BCUT2D eigenvalue weighted by Crippen LogP contribution is 2.31. The van der Waals surface area contributed by atoms with Crippen molar-refractivity contribution in [2.75, 3.05) is 19.8 Å². The third-order valence-corrected chi connectivity index (χ3v) is 3.67. The fraction of sp³-hybridized carbons (Fsp3) is 0.263. The molecule has 0 aliphatic carbocycles. The van der Waals surface area contributed by atoms with E-state index in [-0.39, 0.29) is 12.4 Å². The van der Waals surface area contributed by atoms with Gasteiger partial charge in [-0.2, -0.15) is 13.2 Å². The molecule has 148 valence electrons. The quantitative estimate of drug-likeness (QED) is 0.763. The maximum Gasteiger partial charge on any atom is 0.422 e. The Kier molecular flexibility index (Phi) is 6.03. The second kappa shape index (κ2) is 8.64. The van der Waals surface area contributed by atoms with E-state index in [1.165, 1.54) is 18.3 Å². The van der Waals surface area contributed by atoms with Crippen LogP contribution < -0.4 is 19.5 Å². The Bertz CT molecular complexity index is 868. The van der Waals surface area contributed by atoms with Crippen LogP contribution in [0.2, 0.25) is 0 Å². The van der Waals surface area contributed by atoms with E-state index in [1.807, 2.05) is 0 Å². The highest BCUT2D eigenvalue weighted by atomic mass is 19.4. The highest BCUT2D eigenvalue weighted by molar-refractivity contribution is 5.91. The largest absolute Gasteiger partial charge is 0.486 e. The van der Waals surface area contributed by atoms with Crippen molar-refractivity contribution in [2.24, 2.45) is 0 Å². The maximum atomic E-state index is 12.3. The SMILES string of the molecule is O=C(/C=C/c1ccc2c(c1)OCCO2)NCc1cccnc1OCC(F)(F)F. The molecule has 0 unspecified atom stereocenters. The van der Waals surface area contributed by atoms with Crippen LogP contribution in [-0.2, 0) is 11.3 Å². The Morgan fingerprint density at radius 2 is 2.00 bits per heavy atom. The average Bonchev–Trinajstić information content (AvgIpc) is 2.69. The third kappa shape index (κ3) is 5.63. The van der Waals surface area contributed by atoms with Gasteiger partial charge in [0.2, 0.25) is 11.8 Å². The van der Waals surface area contributed by atoms with Crippen LogP contribution in [0.3, 0.4) is 0 Å². The van der Waals surface area contributed by atoms with Gasteiger partial charge in [-0.1, -0.05) is 12.1 Å². The van der Waals surface area contributed by atoms with E-state index in [2.05, 4.69) is 15.0 Å². The standard InChI is InChI=1S/C19H17F3N2O4/c20-19(21,22)12-28-18-14(2-1-7-23-18)11-24-17(25)6-4-13-3-5-15-16(10-13)27-9-8-26-15/h1-7,10H,8-9,11-12H2,(H,24,25)/b6-4+. The molecule has 2 heterocycles. The lowest BCUT2D eigenvalue weighted by Gasteiger charge is -2.18. The number of hydrogen-bond donors (Lipinski definition) is 1. The number of nitrogens with one attached hydrogen (secondary N) is 1. The van der Waals surface area contributed by atoms with Gasteiger partial charge in [-0.15, -0.1) is 0 Å². The van der Waals surface area contributed by atoms with Crippen LogP contribution in [0.15, 0.2) is 42.6 Å². The average molecular weight is 394 g/mol. The Balaban J connectivity index is 1.56. The summed E-state index contributed by atoms with van der Waals surface area (Å²) in [5.41, 5.74) is 1.09. The van der Waals surface area contributed by atoms with Gasteiger partial charge in [-0.3, -0.25) is 4.79 Å². The van der Waals surface area contributed by atoms with Crippen LogP contribution in [0.25, 0.3) is 6.08 Å². The van der Waals surface area contributed by atoms with Crippen molar-refractivity contribution in [3.8, 4) is 17.4 Å². The Morgan fingerprint density at radius 1 is 1.21 bits per heavy atom. The summed E-state index contributed by atoms with van der Waals surface area (Å²) in [5, 5.41) is 2.59. The Hall–Kier alpha value is -3.23. The molecule has 0 fully saturated rings. The summed E-state index contributed by atoms with van der Waals surface area (Å²) < 4.78 is 52.5. The van der Waals surface area contributed by atoms with Gasteiger partial charge in [0, 0.05) is 24.4 Å². The predicted molar refractivity (Wildman–Crippen MR) is 94.1 cm³/mol. The van der Waals surface area contributed by atoms with E-state index in [9.17, 15) is 18.0 Å². The van der Waals surface area contributed by atoms with Crippen LogP contribution >= 0.6 is 0 Å². The monoisotopic (exact) mass is 394 g/mol. The van der Waals surface area contributed by atoms with Crippen molar-refractivity contribution < 1.29 is 32.2 Å². The molecule has 1 amide bonds. The van der Waals surface area contributed by atoms with E-state index in [1.54, 1.807) is 30.3 Å². The molecule has 28 heavy (non-hydrogen) atoms. The molecule has 1 aromatic heterocycles. The minimum Gasteiger partial charge on any atom is -0.486 e. The topological polar surface area (TPSA) is 69.7 Å². The molecule has 1 aromatic carbocycles. The van der Waals surface area contributed by atoms with Crippen LogP contribution in [0.4, 0.5) is 13.2 Å². The lowest BCUT2D eigenvalue weighted by molar-refractivity contribution is -0.154. The number of pyridine rings is 1. The van der Waals surface area contributed by atoms with Crippen LogP contribution in [-0.4, -0.2) is 36.9 Å². The van der Waals surface area contributed by atoms with Gasteiger partial charge in [0.05, 0.1) is 0 Å². The normalized spacial score (nSPS) is 13.4. The van der Waals surface area contributed by atoms with Crippen LogP contribution in [0, 0.1) is 0 Å². The third-order valence-electron chi connectivity index (χ3n) is 3.67. The molecule has 6 nitrogen and oxygen atoms in total. The number of amides is 1. The van der Waals surface area contributed by atoms with Crippen molar-refractivity contribution in [1.82, 2.24) is 10.3 Å². The molecule has 2 aromatic rings. The number of aromatic nitrogens is 1. The summed E-state index contributed by atoms with van der Waals surface area (Å²) in [6, 6.07) is 8.37. The van der Waals surface area contributed by atoms with E-state index in [4.69, 9.17) is 9.47 Å². The smallest absolute Gasteiger partial charge is 0.422 e. The number of halogens is 3. The molecule has 0 atom stereocenters. The second-order valence-corrected chi connectivity index (χ2v) is 5.83. The minimum absolute atomic E-state index is 0.0225. The fourth-order valence-electron chi connectivity index (χ4n) is 2.42. The summed E-state index contributed by atoms with van der Waals surface area (Å²) >= 11 is 0. The number of carbonyl (C=O) groups excluding carboxylic acids is 1. The summed E-state index contributed by atoms with van der Waals surface area (Å²) in [7, 11) is 0. The molecule has 0 spiro atoms. The van der Waals surface area contributed by atoms with E-state index < -0.39 is 18.7 Å². The number of ether oxygens (including phenoxy) is 3. The zero-order valence-corrected chi connectivity index (χ0v) is 14.7. The molecule has 0 bridgehead atoms. The first-order valence-electron chi connectivity index (χ1n) is 8.40. The first kappa shape index (κ1) is 19.5. The molecule has 0 saturated heterocycles. The fourth-order valence-corrected chi connectivity index (χ4v) is 2.42. The first-order chi connectivity index (χ1) is 13.4. The first-order valence-corrected chi connectivity index (χ1v) is 8.40. The molecule has 0 radical (unpaired) electrons. The molecular weight excluding hydrogens is 377 g/mol. The molecule has 0 saturated carbocycles. The number of carbonyl (C=O) groups is 1. The van der Waals surface area contributed by atoms with Crippen molar-refractivity contribution in [3.05, 3.63) is 53.7 Å². The van der Waals surface area contributed by atoms with Gasteiger partial charge in [-0.25, -0.2) is 4.98 Å². The van der Waals surface area contributed by atoms with Crippen molar-refractivity contribution in [3.63, 3.8) is 0 Å². The molecule has 9 heteroatoms. The molecule has 3 rings (SSSR count). The highest BCUT2D eigenvalue weighted by Gasteiger charge is 2.29. The van der Waals surface area contributed by atoms with Crippen LogP contribution in [0.1, 0.15) is 11.1 Å².